The van der Waals surface area contributed by atoms with Crippen molar-refractivity contribution in [2.45, 2.75) is 26.2 Å². The molecule has 0 N–H and O–H groups in total. The number of hydrogen-bond donors (Lipinski definition) is 0. The number of benzene rings is 1. The minimum Gasteiger partial charge on any atom is -0.327 e. The first-order valence-corrected chi connectivity index (χ1v) is 7.22. The standard InChI is InChI=1S/C16H13F4N3O/c1-2-23-13-6-5-10(17)8-12(13)21-14(23)9-22-7-3-4-11(15(22)24)16(18,19)20/h3-8H,2,9H2,1H3. The molecule has 0 saturated heterocycles. The molecule has 0 fully saturated rings. The first kappa shape index (κ1) is 16.2. The summed E-state index contributed by atoms with van der Waals surface area (Å²) in [6.07, 6.45) is -3.44. The lowest BCUT2D eigenvalue weighted by molar-refractivity contribution is -0.138. The fraction of sp³-hybridized carbons (Fsp3) is 0.250. The summed E-state index contributed by atoms with van der Waals surface area (Å²) in [4.78, 5) is 16.3. The monoisotopic (exact) mass is 339 g/mol. The van der Waals surface area contributed by atoms with Gasteiger partial charge in [-0.15, -0.1) is 0 Å². The van der Waals surface area contributed by atoms with E-state index < -0.39 is 23.1 Å². The van der Waals surface area contributed by atoms with E-state index in [4.69, 9.17) is 0 Å². The Morgan fingerprint density at radius 2 is 1.96 bits per heavy atom. The van der Waals surface area contributed by atoms with Gasteiger partial charge in [0.25, 0.3) is 5.56 Å². The molecule has 0 bridgehead atoms. The van der Waals surface area contributed by atoms with Crippen LogP contribution in [-0.4, -0.2) is 14.1 Å². The van der Waals surface area contributed by atoms with Crippen LogP contribution in [0.15, 0.2) is 41.3 Å². The van der Waals surface area contributed by atoms with Gasteiger partial charge in [-0.3, -0.25) is 4.79 Å². The van der Waals surface area contributed by atoms with Crippen molar-refractivity contribution in [3.05, 3.63) is 64.1 Å². The van der Waals surface area contributed by atoms with Crippen molar-refractivity contribution in [2.24, 2.45) is 0 Å². The smallest absolute Gasteiger partial charge is 0.327 e. The fourth-order valence-electron chi connectivity index (χ4n) is 2.66. The number of fused-ring (bicyclic) bond motifs is 1. The Bertz CT molecular complexity index is 956. The Labute approximate surface area is 134 Å². The fourth-order valence-corrected chi connectivity index (χ4v) is 2.66. The molecule has 0 spiro atoms. The molecule has 0 saturated carbocycles. The normalized spacial score (nSPS) is 12.0. The Balaban J connectivity index is 2.09. The Morgan fingerprint density at radius 3 is 2.62 bits per heavy atom. The van der Waals surface area contributed by atoms with E-state index in [0.29, 0.717) is 23.4 Å². The second kappa shape index (κ2) is 5.77. The van der Waals surface area contributed by atoms with Gasteiger partial charge in [-0.05, 0) is 31.2 Å². The highest BCUT2D eigenvalue weighted by Gasteiger charge is 2.34. The summed E-state index contributed by atoms with van der Waals surface area (Å²) < 4.78 is 54.6. The van der Waals surface area contributed by atoms with Crippen LogP contribution in [0.1, 0.15) is 18.3 Å². The molecule has 3 aromatic rings. The summed E-state index contributed by atoms with van der Waals surface area (Å²) in [5.41, 5.74) is -1.30. The van der Waals surface area contributed by atoms with Crippen LogP contribution < -0.4 is 5.56 Å². The molecule has 0 unspecified atom stereocenters. The summed E-state index contributed by atoms with van der Waals surface area (Å²) >= 11 is 0. The van der Waals surface area contributed by atoms with E-state index in [0.717, 1.165) is 10.6 Å². The molecule has 126 valence electrons. The first-order chi connectivity index (χ1) is 11.3. The average molecular weight is 339 g/mol. The van der Waals surface area contributed by atoms with Crippen molar-refractivity contribution < 1.29 is 17.6 Å². The van der Waals surface area contributed by atoms with Crippen molar-refractivity contribution in [2.75, 3.05) is 0 Å². The van der Waals surface area contributed by atoms with Crippen LogP contribution >= 0.6 is 0 Å². The molecular formula is C16H13F4N3O. The van der Waals surface area contributed by atoms with Crippen LogP contribution in [0.4, 0.5) is 17.6 Å². The number of halogens is 4. The molecule has 4 nitrogen and oxygen atoms in total. The lowest BCUT2D eigenvalue weighted by atomic mass is 10.2. The van der Waals surface area contributed by atoms with Crippen molar-refractivity contribution in [3.63, 3.8) is 0 Å². The molecule has 2 heterocycles. The topological polar surface area (TPSA) is 39.8 Å². The second-order valence-electron chi connectivity index (χ2n) is 5.26. The summed E-state index contributed by atoms with van der Waals surface area (Å²) in [7, 11) is 0. The Hall–Kier alpha value is -2.64. The molecule has 0 amide bonds. The third-order valence-corrected chi connectivity index (χ3v) is 3.74. The van der Waals surface area contributed by atoms with E-state index >= 15 is 0 Å². The number of nitrogens with zero attached hydrogens (tertiary/aromatic N) is 3. The number of pyridine rings is 1. The molecule has 0 aliphatic rings. The van der Waals surface area contributed by atoms with Gasteiger partial charge in [-0.2, -0.15) is 13.2 Å². The third-order valence-electron chi connectivity index (χ3n) is 3.74. The zero-order valence-corrected chi connectivity index (χ0v) is 12.6. The summed E-state index contributed by atoms with van der Waals surface area (Å²) in [5.74, 6) is -0.0643. The summed E-state index contributed by atoms with van der Waals surface area (Å²) in [6.45, 7) is 2.20. The van der Waals surface area contributed by atoms with Crippen molar-refractivity contribution >= 4 is 11.0 Å². The highest BCUT2D eigenvalue weighted by molar-refractivity contribution is 5.76. The maximum atomic E-state index is 13.3. The third kappa shape index (κ3) is 2.79. The minimum absolute atomic E-state index is 0.132. The number of aryl methyl sites for hydroxylation is 1. The van der Waals surface area contributed by atoms with Crippen LogP contribution in [0.2, 0.25) is 0 Å². The van der Waals surface area contributed by atoms with Gasteiger partial charge in [-0.25, -0.2) is 9.37 Å². The van der Waals surface area contributed by atoms with Crippen LogP contribution in [-0.2, 0) is 19.3 Å². The van der Waals surface area contributed by atoms with E-state index in [1.807, 2.05) is 6.92 Å². The zero-order valence-electron chi connectivity index (χ0n) is 12.6. The molecule has 0 radical (unpaired) electrons. The lowest BCUT2D eigenvalue weighted by Crippen LogP contribution is -2.29. The number of alkyl halides is 3. The van der Waals surface area contributed by atoms with E-state index in [9.17, 15) is 22.4 Å². The van der Waals surface area contributed by atoms with Gasteiger partial charge in [0, 0.05) is 18.8 Å². The molecule has 8 heteroatoms. The average Bonchev–Trinajstić information content (AvgIpc) is 2.84. The van der Waals surface area contributed by atoms with Crippen LogP contribution in [0, 0.1) is 5.82 Å². The zero-order chi connectivity index (χ0) is 17.5. The molecule has 0 atom stereocenters. The maximum absolute atomic E-state index is 13.3. The van der Waals surface area contributed by atoms with Gasteiger partial charge in [0.1, 0.15) is 17.2 Å². The first-order valence-electron chi connectivity index (χ1n) is 7.22. The van der Waals surface area contributed by atoms with Crippen LogP contribution in [0.5, 0.6) is 0 Å². The maximum Gasteiger partial charge on any atom is 0.421 e. The van der Waals surface area contributed by atoms with Gasteiger partial charge in [0.15, 0.2) is 0 Å². The number of hydrogen-bond acceptors (Lipinski definition) is 2. The van der Waals surface area contributed by atoms with Gasteiger partial charge in [0.2, 0.25) is 0 Å². The minimum atomic E-state index is -4.71. The predicted molar refractivity (Wildman–Crippen MR) is 80.2 cm³/mol. The molecule has 2 aromatic heterocycles. The van der Waals surface area contributed by atoms with E-state index in [1.165, 1.54) is 24.4 Å². The Morgan fingerprint density at radius 1 is 1.21 bits per heavy atom. The molecular weight excluding hydrogens is 326 g/mol. The van der Waals surface area contributed by atoms with E-state index in [2.05, 4.69) is 4.98 Å². The molecule has 1 aromatic carbocycles. The number of aromatic nitrogens is 3. The largest absolute Gasteiger partial charge is 0.421 e. The second-order valence-corrected chi connectivity index (χ2v) is 5.26. The van der Waals surface area contributed by atoms with Gasteiger partial charge >= 0.3 is 6.18 Å². The van der Waals surface area contributed by atoms with Crippen molar-refractivity contribution in [3.8, 4) is 0 Å². The van der Waals surface area contributed by atoms with E-state index in [-0.39, 0.29) is 6.54 Å². The van der Waals surface area contributed by atoms with Crippen LogP contribution in [0.3, 0.4) is 0 Å². The van der Waals surface area contributed by atoms with Gasteiger partial charge in [-0.1, -0.05) is 0 Å². The Kier molecular flexibility index (Phi) is 3.90. The molecule has 24 heavy (non-hydrogen) atoms. The van der Waals surface area contributed by atoms with E-state index in [1.54, 1.807) is 10.6 Å². The van der Waals surface area contributed by atoms with Gasteiger partial charge in [0.05, 0.1) is 17.6 Å². The number of imidazole rings is 1. The molecule has 3 rings (SSSR count). The van der Waals surface area contributed by atoms with Crippen molar-refractivity contribution in [1.29, 1.82) is 0 Å². The predicted octanol–water partition coefficient (Wildman–Crippen LogP) is 3.42. The lowest BCUT2D eigenvalue weighted by Gasteiger charge is -2.11. The van der Waals surface area contributed by atoms with Gasteiger partial charge < -0.3 is 9.13 Å². The number of rotatable bonds is 3. The summed E-state index contributed by atoms with van der Waals surface area (Å²) in [5, 5.41) is 0. The quantitative estimate of drug-likeness (QED) is 0.686. The highest BCUT2D eigenvalue weighted by atomic mass is 19.4. The highest BCUT2D eigenvalue weighted by Crippen LogP contribution is 2.26. The molecule has 0 aliphatic carbocycles. The SMILES string of the molecule is CCn1c(Cn2cccc(C(F)(F)F)c2=O)nc2cc(F)ccc21. The van der Waals surface area contributed by atoms with Crippen molar-refractivity contribution in [1.82, 2.24) is 14.1 Å². The summed E-state index contributed by atoms with van der Waals surface area (Å²) in [6, 6.07) is 6.01. The molecule has 0 aliphatic heterocycles. The van der Waals surface area contributed by atoms with Crippen LogP contribution in [0.25, 0.3) is 11.0 Å².